The van der Waals surface area contributed by atoms with E-state index >= 15 is 0 Å². The molecular formula is C18H28N2O4S. The summed E-state index contributed by atoms with van der Waals surface area (Å²) in [6.07, 6.45) is 6.81. The van der Waals surface area contributed by atoms with E-state index in [2.05, 4.69) is 12.2 Å². The van der Waals surface area contributed by atoms with Crippen molar-refractivity contribution in [3.8, 4) is 0 Å². The van der Waals surface area contributed by atoms with E-state index in [1.165, 1.54) is 16.4 Å². The average Bonchev–Trinajstić information content (AvgIpc) is 3.10. The summed E-state index contributed by atoms with van der Waals surface area (Å²) >= 11 is 0. The maximum Gasteiger partial charge on any atom is 0.287 e. The number of nitrogens with zero attached hydrogens (tertiary/aromatic N) is 1. The van der Waals surface area contributed by atoms with Crippen LogP contribution in [-0.2, 0) is 10.0 Å². The molecule has 1 N–H and O–H groups in total. The van der Waals surface area contributed by atoms with Gasteiger partial charge in [0, 0.05) is 18.6 Å². The number of furan rings is 1. The van der Waals surface area contributed by atoms with Gasteiger partial charge in [-0.3, -0.25) is 4.79 Å². The maximum absolute atomic E-state index is 12.6. The molecule has 0 unspecified atom stereocenters. The molecule has 1 saturated heterocycles. The molecule has 1 aliphatic carbocycles. The van der Waals surface area contributed by atoms with Crippen LogP contribution in [0.2, 0.25) is 0 Å². The molecule has 25 heavy (non-hydrogen) atoms. The molecule has 1 saturated carbocycles. The number of carbonyl (C=O) groups is 1. The highest BCUT2D eigenvalue weighted by Gasteiger charge is 2.33. The number of rotatable bonds is 4. The first-order valence-corrected chi connectivity index (χ1v) is 10.7. The van der Waals surface area contributed by atoms with Crippen LogP contribution in [0, 0.1) is 5.92 Å². The van der Waals surface area contributed by atoms with Crippen molar-refractivity contribution in [1.82, 2.24) is 9.62 Å². The van der Waals surface area contributed by atoms with E-state index in [0.717, 1.165) is 44.9 Å². The van der Waals surface area contributed by atoms with E-state index in [1.54, 1.807) is 0 Å². The zero-order chi connectivity index (χ0) is 18.1. The maximum atomic E-state index is 12.6. The topological polar surface area (TPSA) is 79.6 Å². The Hall–Kier alpha value is -1.34. The Morgan fingerprint density at radius 1 is 1.20 bits per heavy atom. The van der Waals surface area contributed by atoms with Gasteiger partial charge in [0.2, 0.25) is 5.09 Å². The molecule has 140 valence electrons. The predicted molar refractivity (Wildman–Crippen MR) is 94.8 cm³/mol. The van der Waals surface area contributed by atoms with Crippen molar-refractivity contribution >= 4 is 15.9 Å². The highest BCUT2D eigenvalue weighted by Crippen LogP contribution is 2.32. The summed E-state index contributed by atoms with van der Waals surface area (Å²) in [6.45, 7) is 5.30. The van der Waals surface area contributed by atoms with Crippen LogP contribution in [0.3, 0.4) is 0 Å². The summed E-state index contributed by atoms with van der Waals surface area (Å²) in [5, 5.41) is 2.90. The van der Waals surface area contributed by atoms with E-state index in [0.29, 0.717) is 19.0 Å². The lowest BCUT2D eigenvalue weighted by Crippen LogP contribution is -2.48. The molecule has 1 aliphatic heterocycles. The Balaban J connectivity index is 1.69. The van der Waals surface area contributed by atoms with Crippen molar-refractivity contribution in [2.75, 3.05) is 13.1 Å². The number of carbonyl (C=O) groups excluding carboxylic acids is 1. The molecule has 0 bridgehead atoms. The van der Waals surface area contributed by atoms with E-state index < -0.39 is 10.0 Å². The first-order chi connectivity index (χ1) is 11.8. The third kappa shape index (κ3) is 4.08. The molecule has 2 heterocycles. The van der Waals surface area contributed by atoms with Crippen molar-refractivity contribution in [2.24, 2.45) is 5.92 Å². The van der Waals surface area contributed by atoms with E-state index in [4.69, 9.17) is 4.42 Å². The SMILES string of the molecule is CC1CCC(C)(NC(=O)c2ccc(S(=O)(=O)N3CCCCC3)o2)CC1. The standard InChI is InChI=1S/C18H28N2O4S/c1-14-8-10-18(2,11-9-14)19-17(21)15-6-7-16(24-15)25(22,23)20-12-4-3-5-13-20/h6-7,14H,3-5,8-13H2,1-2H3,(H,19,21). The molecule has 0 atom stereocenters. The molecular weight excluding hydrogens is 340 g/mol. The fourth-order valence-corrected chi connectivity index (χ4v) is 5.10. The number of sulfonamides is 1. The second kappa shape index (κ2) is 7.11. The quantitative estimate of drug-likeness (QED) is 0.885. The van der Waals surface area contributed by atoms with Crippen molar-refractivity contribution in [1.29, 1.82) is 0 Å². The monoisotopic (exact) mass is 368 g/mol. The molecule has 1 aromatic heterocycles. The Morgan fingerprint density at radius 2 is 1.84 bits per heavy atom. The number of hydrogen-bond donors (Lipinski definition) is 1. The summed E-state index contributed by atoms with van der Waals surface area (Å²) in [6, 6.07) is 2.85. The van der Waals surface area contributed by atoms with Crippen LogP contribution in [0.5, 0.6) is 0 Å². The predicted octanol–water partition coefficient (Wildman–Crippen LogP) is 3.15. The summed E-state index contributed by atoms with van der Waals surface area (Å²) in [5.74, 6) is 0.419. The Bertz CT molecular complexity index is 711. The first kappa shape index (κ1) is 18.5. The van der Waals surface area contributed by atoms with E-state index in [9.17, 15) is 13.2 Å². The molecule has 0 spiro atoms. The summed E-state index contributed by atoms with van der Waals surface area (Å²) in [5.41, 5.74) is -0.248. The van der Waals surface area contributed by atoms with Gasteiger partial charge < -0.3 is 9.73 Å². The minimum absolute atomic E-state index is 0.0652. The van der Waals surface area contributed by atoms with Gasteiger partial charge in [-0.2, -0.15) is 4.31 Å². The minimum Gasteiger partial charge on any atom is -0.438 e. The largest absolute Gasteiger partial charge is 0.438 e. The molecule has 0 aromatic carbocycles. The van der Waals surface area contributed by atoms with Crippen LogP contribution in [0.25, 0.3) is 0 Å². The Kier molecular flexibility index (Phi) is 5.25. The number of amides is 1. The number of hydrogen-bond acceptors (Lipinski definition) is 4. The van der Waals surface area contributed by atoms with Crippen LogP contribution < -0.4 is 5.32 Å². The van der Waals surface area contributed by atoms with Gasteiger partial charge in [0.15, 0.2) is 5.76 Å². The van der Waals surface area contributed by atoms with Crippen LogP contribution in [0.1, 0.15) is 69.3 Å². The average molecular weight is 368 g/mol. The molecule has 7 heteroatoms. The van der Waals surface area contributed by atoms with E-state index in [1.807, 2.05) is 6.92 Å². The van der Waals surface area contributed by atoms with Crippen LogP contribution >= 0.6 is 0 Å². The van der Waals surface area contributed by atoms with Gasteiger partial charge in [-0.15, -0.1) is 0 Å². The first-order valence-electron chi connectivity index (χ1n) is 9.23. The smallest absolute Gasteiger partial charge is 0.287 e. The molecule has 1 aromatic rings. The molecule has 0 radical (unpaired) electrons. The van der Waals surface area contributed by atoms with Gasteiger partial charge in [-0.1, -0.05) is 13.3 Å². The molecule has 3 rings (SSSR count). The number of nitrogens with one attached hydrogen (secondary N) is 1. The van der Waals surface area contributed by atoms with Gasteiger partial charge in [0.05, 0.1) is 0 Å². The molecule has 2 aliphatic rings. The Morgan fingerprint density at radius 3 is 2.48 bits per heavy atom. The fourth-order valence-electron chi connectivity index (χ4n) is 3.67. The fraction of sp³-hybridized carbons (Fsp3) is 0.722. The van der Waals surface area contributed by atoms with Crippen LogP contribution in [0.15, 0.2) is 21.6 Å². The van der Waals surface area contributed by atoms with Gasteiger partial charge in [0.1, 0.15) is 0 Å². The van der Waals surface area contributed by atoms with Crippen LogP contribution in [-0.4, -0.2) is 37.3 Å². The molecule has 1 amide bonds. The molecule has 6 nitrogen and oxygen atoms in total. The normalized spacial score (nSPS) is 28.6. The number of piperidine rings is 1. The van der Waals surface area contributed by atoms with E-state index in [-0.39, 0.29) is 22.3 Å². The van der Waals surface area contributed by atoms with Crippen LogP contribution in [0.4, 0.5) is 0 Å². The third-order valence-corrected chi connectivity index (χ3v) is 7.28. The lowest BCUT2D eigenvalue weighted by Gasteiger charge is -2.36. The van der Waals surface area contributed by atoms with Crippen molar-refractivity contribution in [2.45, 2.75) is 69.4 Å². The second-order valence-corrected chi connectivity index (χ2v) is 9.65. The third-order valence-electron chi connectivity index (χ3n) is 5.51. The van der Waals surface area contributed by atoms with Crippen molar-refractivity contribution in [3.05, 3.63) is 17.9 Å². The zero-order valence-electron chi connectivity index (χ0n) is 15.1. The van der Waals surface area contributed by atoms with Crippen molar-refractivity contribution in [3.63, 3.8) is 0 Å². The Labute approximate surface area is 150 Å². The second-order valence-electron chi connectivity index (χ2n) is 7.78. The van der Waals surface area contributed by atoms with Gasteiger partial charge in [0.25, 0.3) is 15.9 Å². The van der Waals surface area contributed by atoms with Crippen molar-refractivity contribution < 1.29 is 17.6 Å². The van der Waals surface area contributed by atoms with Gasteiger partial charge >= 0.3 is 0 Å². The lowest BCUT2D eigenvalue weighted by atomic mass is 9.78. The summed E-state index contributed by atoms with van der Waals surface area (Å²) in [7, 11) is -3.64. The van der Waals surface area contributed by atoms with Gasteiger partial charge in [-0.05, 0) is 63.5 Å². The lowest BCUT2D eigenvalue weighted by molar-refractivity contribution is 0.0835. The summed E-state index contributed by atoms with van der Waals surface area (Å²) < 4.78 is 32.1. The zero-order valence-corrected chi connectivity index (χ0v) is 15.9. The highest BCUT2D eigenvalue weighted by atomic mass is 32.2. The van der Waals surface area contributed by atoms with Gasteiger partial charge in [-0.25, -0.2) is 8.42 Å². The molecule has 2 fully saturated rings. The minimum atomic E-state index is -3.64. The summed E-state index contributed by atoms with van der Waals surface area (Å²) in [4.78, 5) is 12.5. The highest BCUT2D eigenvalue weighted by molar-refractivity contribution is 7.89.